The molecule has 4 nitrogen and oxygen atoms in total. The molecule has 1 amide bonds. The molecule has 0 fully saturated rings. The topological polar surface area (TPSA) is 75.3 Å². The van der Waals surface area contributed by atoms with Crippen LogP contribution in [0.3, 0.4) is 0 Å². The molecule has 1 rings (SSSR count). The monoisotopic (exact) mass is 258 g/mol. The minimum absolute atomic E-state index is 0. The second-order valence-electron chi connectivity index (χ2n) is 3.66. The fourth-order valence-electron chi connectivity index (χ4n) is 1.58. The van der Waals surface area contributed by atoms with Crippen LogP contribution >= 0.6 is 12.4 Å². The van der Waals surface area contributed by atoms with Gasteiger partial charge in [0, 0.05) is 13.0 Å². The van der Waals surface area contributed by atoms with Gasteiger partial charge in [-0.15, -0.1) is 12.4 Å². The van der Waals surface area contributed by atoms with E-state index in [-0.39, 0.29) is 24.1 Å². The molecule has 1 aromatic carbocycles. The molecule has 0 radical (unpaired) electrons. The predicted molar refractivity (Wildman–Crippen MR) is 71.7 cm³/mol. The highest BCUT2D eigenvalue weighted by atomic mass is 35.5. The van der Waals surface area contributed by atoms with E-state index < -0.39 is 0 Å². The Morgan fingerprint density at radius 1 is 1.47 bits per heavy atom. The first kappa shape index (κ1) is 15.6. The highest BCUT2D eigenvalue weighted by molar-refractivity contribution is 5.85. The van der Waals surface area contributed by atoms with Crippen molar-refractivity contribution in [3.63, 3.8) is 0 Å². The maximum absolute atomic E-state index is 10.6. The van der Waals surface area contributed by atoms with Crippen LogP contribution in [-0.2, 0) is 11.2 Å². The van der Waals surface area contributed by atoms with Crippen LogP contribution in [0, 0.1) is 0 Å². The van der Waals surface area contributed by atoms with Gasteiger partial charge in [0.1, 0.15) is 5.75 Å². The van der Waals surface area contributed by atoms with Crippen molar-refractivity contribution >= 4 is 24.0 Å². The third kappa shape index (κ3) is 4.95. The smallest absolute Gasteiger partial charge is 0.217 e. The predicted octanol–water partition coefficient (Wildman–Crippen LogP) is 2.05. The lowest BCUT2D eigenvalue weighted by Gasteiger charge is -2.10. The van der Waals surface area contributed by atoms with Crippen LogP contribution in [-0.4, -0.2) is 17.6 Å². The van der Waals surface area contributed by atoms with Gasteiger partial charge in [0.05, 0.1) is 5.69 Å². The largest absolute Gasteiger partial charge is 0.505 e. The molecule has 0 aromatic heterocycles. The lowest BCUT2D eigenvalue weighted by atomic mass is 10.1. The second kappa shape index (κ2) is 7.79. The van der Waals surface area contributed by atoms with Crippen LogP contribution < -0.4 is 11.1 Å². The number of rotatable bonds is 6. The standard InChI is InChI=1S/C12H18N2O2.ClH/c1-2-14-10-7-3-5-9(12(10)16)6-4-8-11(13)15;/h3,5,7,14,16H,2,4,6,8H2,1H3,(H2,13,15);1H. The van der Waals surface area contributed by atoms with Crippen molar-refractivity contribution in [1.29, 1.82) is 0 Å². The number of phenolic OH excluding ortho intramolecular Hbond substituents is 1. The molecule has 1 aromatic rings. The van der Waals surface area contributed by atoms with E-state index >= 15 is 0 Å². The number of hydrogen-bond donors (Lipinski definition) is 3. The zero-order chi connectivity index (χ0) is 12.0. The van der Waals surface area contributed by atoms with Crippen LogP contribution in [0.25, 0.3) is 0 Å². The van der Waals surface area contributed by atoms with Gasteiger partial charge in [0.2, 0.25) is 5.91 Å². The number of para-hydroxylation sites is 1. The van der Waals surface area contributed by atoms with Crippen molar-refractivity contribution in [2.45, 2.75) is 26.2 Å². The minimum atomic E-state index is -0.303. The van der Waals surface area contributed by atoms with Gasteiger partial charge in [-0.1, -0.05) is 12.1 Å². The number of halogens is 1. The van der Waals surface area contributed by atoms with Crippen molar-refractivity contribution in [3.05, 3.63) is 23.8 Å². The molecule has 4 N–H and O–H groups in total. The van der Waals surface area contributed by atoms with E-state index in [9.17, 15) is 9.90 Å². The first-order valence-corrected chi connectivity index (χ1v) is 5.48. The third-order valence-corrected chi connectivity index (χ3v) is 2.36. The number of nitrogens with one attached hydrogen (secondary N) is 1. The van der Waals surface area contributed by atoms with Crippen molar-refractivity contribution < 1.29 is 9.90 Å². The summed E-state index contributed by atoms with van der Waals surface area (Å²) in [5.41, 5.74) is 6.64. The Morgan fingerprint density at radius 2 is 2.18 bits per heavy atom. The molecule has 0 heterocycles. The van der Waals surface area contributed by atoms with E-state index in [0.717, 1.165) is 17.8 Å². The third-order valence-electron chi connectivity index (χ3n) is 2.36. The Labute approximate surface area is 108 Å². The summed E-state index contributed by atoms with van der Waals surface area (Å²) in [5.74, 6) is -0.0313. The fourth-order valence-corrected chi connectivity index (χ4v) is 1.58. The van der Waals surface area contributed by atoms with Gasteiger partial charge in [0.15, 0.2) is 0 Å². The summed E-state index contributed by atoms with van der Waals surface area (Å²) < 4.78 is 0. The summed E-state index contributed by atoms with van der Waals surface area (Å²) in [4.78, 5) is 10.6. The number of nitrogens with two attached hydrogens (primary N) is 1. The molecule has 96 valence electrons. The molecule has 0 atom stereocenters. The first-order valence-electron chi connectivity index (χ1n) is 5.48. The molecule has 0 saturated carbocycles. The maximum Gasteiger partial charge on any atom is 0.217 e. The molecule has 0 aliphatic heterocycles. The van der Waals surface area contributed by atoms with Gasteiger partial charge < -0.3 is 16.2 Å². The molecule has 0 aliphatic rings. The highest BCUT2D eigenvalue weighted by Gasteiger charge is 2.06. The van der Waals surface area contributed by atoms with E-state index in [1.54, 1.807) is 0 Å². The van der Waals surface area contributed by atoms with Gasteiger partial charge in [-0.25, -0.2) is 0 Å². The highest BCUT2D eigenvalue weighted by Crippen LogP contribution is 2.28. The molecule has 0 unspecified atom stereocenters. The van der Waals surface area contributed by atoms with E-state index in [4.69, 9.17) is 5.73 Å². The van der Waals surface area contributed by atoms with Gasteiger partial charge in [-0.2, -0.15) is 0 Å². The number of benzene rings is 1. The van der Waals surface area contributed by atoms with E-state index in [2.05, 4.69) is 5.32 Å². The molecule has 17 heavy (non-hydrogen) atoms. The lowest BCUT2D eigenvalue weighted by Crippen LogP contribution is -2.10. The number of carbonyl (C=O) groups excluding carboxylic acids is 1. The maximum atomic E-state index is 10.6. The molecule has 0 spiro atoms. The number of phenols is 1. The zero-order valence-electron chi connectivity index (χ0n) is 9.90. The van der Waals surface area contributed by atoms with Crippen molar-refractivity contribution in [1.82, 2.24) is 0 Å². The van der Waals surface area contributed by atoms with Crippen molar-refractivity contribution in [2.75, 3.05) is 11.9 Å². The fraction of sp³-hybridized carbons (Fsp3) is 0.417. The number of aromatic hydroxyl groups is 1. The van der Waals surface area contributed by atoms with E-state index in [0.29, 0.717) is 19.3 Å². The number of primary amides is 1. The average molecular weight is 259 g/mol. The Balaban J connectivity index is 0.00000256. The molecular weight excluding hydrogens is 240 g/mol. The van der Waals surface area contributed by atoms with Crippen molar-refractivity contribution in [2.24, 2.45) is 5.73 Å². The van der Waals surface area contributed by atoms with Crippen molar-refractivity contribution in [3.8, 4) is 5.75 Å². The number of anilines is 1. The summed E-state index contributed by atoms with van der Waals surface area (Å²) in [7, 11) is 0. The number of amides is 1. The van der Waals surface area contributed by atoms with Gasteiger partial charge >= 0.3 is 0 Å². The van der Waals surface area contributed by atoms with Crippen LogP contribution in [0.2, 0.25) is 0 Å². The molecule has 0 saturated heterocycles. The number of carbonyl (C=O) groups is 1. The number of aryl methyl sites for hydroxylation is 1. The lowest BCUT2D eigenvalue weighted by molar-refractivity contribution is -0.118. The molecule has 5 heteroatoms. The first-order chi connectivity index (χ1) is 7.65. The van der Waals surface area contributed by atoms with Crippen LogP contribution in [0.1, 0.15) is 25.3 Å². The summed E-state index contributed by atoms with van der Waals surface area (Å²) in [6.07, 6.45) is 1.68. The summed E-state index contributed by atoms with van der Waals surface area (Å²) in [6, 6.07) is 5.57. The molecule has 0 bridgehead atoms. The Kier molecular flexibility index (Phi) is 7.14. The molecule has 0 aliphatic carbocycles. The zero-order valence-corrected chi connectivity index (χ0v) is 10.7. The summed E-state index contributed by atoms with van der Waals surface area (Å²) >= 11 is 0. The second-order valence-corrected chi connectivity index (χ2v) is 3.66. The summed E-state index contributed by atoms with van der Waals surface area (Å²) in [6.45, 7) is 2.73. The minimum Gasteiger partial charge on any atom is -0.505 e. The normalized spacial score (nSPS) is 9.47. The Morgan fingerprint density at radius 3 is 2.76 bits per heavy atom. The Hall–Kier alpha value is -1.42. The quantitative estimate of drug-likeness (QED) is 0.684. The summed E-state index contributed by atoms with van der Waals surface area (Å²) in [5, 5.41) is 13.0. The van der Waals surface area contributed by atoms with Crippen LogP contribution in [0.5, 0.6) is 5.75 Å². The van der Waals surface area contributed by atoms with Crippen LogP contribution in [0.4, 0.5) is 5.69 Å². The Bertz CT molecular complexity index is 370. The van der Waals surface area contributed by atoms with E-state index in [1.807, 2.05) is 25.1 Å². The molecular formula is C12H19ClN2O2. The van der Waals surface area contributed by atoms with Crippen LogP contribution in [0.15, 0.2) is 18.2 Å². The number of hydrogen-bond acceptors (Lipinski definition) is 3. The SMILES string of the molecule is CCNc1cccc(CCCC(N)=O)c1O.Cl. The van der Waals surface area contributed by atoms with Gasteiger partial charge in [-0.05, 0) is 31.4 Å². The van der Waals surface area contributed by atoms with Gasteiger partial charge in [0.25, 0.3) is 0 Å². The average Bonchev–Trinajstić information content (AvgIpc) is 2.23. The van der Waals surface area contributed by atoms with Gasteiger partial charge in [-0.3, -0.25) is 4.79 Å². The van der Waals surface area contributed by atoms with E-state index in [1.165, 1.54) is 0 Å².